The van der Waals surface area contributed by atoms with Gasteiger partial charge in [-0.3, -0.25) is 0 Å². The Morgan fingerprint density at radius 1 is 1.42 bits per heavy atom. The molecule has 66 valence electrons. The highest BCUT2D eigenvalue weighted by Gasteiger charge is 2.01. The lowest BCUT2D eigenvalue weighted by Crippen LogP contribution is -1.94. The number of hydrogen-bond acceptors (Lipinski definition) is 2. The predicted octanol–water partition coefficient (Wildman–Crippen LogP) is 2.46. The van der Waals surface area contributed by atoms with Gasteiger partial charge < -0.3 is 0 Å². The summed E-state index contributed by atoms with van der Waals surface area (Å²) in [6, 6.07) is 6.96. The topological polar surface area (TPSA) is 40.9 Å². The lowest BCUT2D eigenvalue weighted by atomic mass is 10.2. The maximum atomic E-state index is 11.2. The molecule has 1 N–H and O–H groups in total. The normalized spacial score (nSPS) is 15.5. The van der Waals surface area contributed by atoms with Gasteiger partial charge in [0, 0.05) is 17.0 Å². The Balaban J connectivity index is 3.09. The first-order valence-electron chi connectivity index (χ1n) is 3.43. The molecule has 0 fully saturated rings. The summed E-state index contributed by atoms with van der Waals surface area (Å²) < 4.78 is 18.5. The number of rotatable bonds is 2. The fourth-order valence-corrected chi connectivity index (χ4v) is 1.67. The summed E-state index contributed by atoms with van der Waals surface area (Å²) in [5.41, 5.74) is 0.976. The van der Waals surface area contributed by atoms with E-state index < -0.39 is 9.73 Å². The highest BCUT2D eigenvalue weighted by Crippen LogP contribution is 2.11. The van der Waals surface area contributed by atoms with Crippen molar-refractivity contribution in [3.05, 3.63) is 29.8 Å². The van der Waals surface area contributed by atoms with Crippen LogP contribution in [0.4, 0.5) is 0 Å². The second kappa shape index (κ2) is 3.46. The van der Waals surface area contributed by atoms with E-state index in [2.05, 4.69) is 0 Å². The van der Waals surface area contributed by atoms with Crippen LogP contribution < -0.4 is 0 Å². The third-order valence-corrected chi connectivity index (χ3v) is 3.01. The fourth-order valence-electron chi connectivity index (χ4n) is 0.838. The van der Waals surface area contributed by atoms with Crippen LogP contribution in [0.2, 0.25) is 0 Å². The minimum atomic E-state index is -2.57. The number of halogens is 1. The minimum absolute atomic E-state index is 0.448. The molecule has 1 rings (SSSR count). The molecule has 0 bridgehead atoms. The summed E-state index contributed by atoms with van der Waals surface area (Å²) >= 11 is 5.58. The number of hydrogen-bond donors (Lipinski definition) is 1. The molecule has 4 heteroatoms. The third kappa shape index (κ3) is 2.22. The van der Waals surface area contributed by atoms with Gasteiger partial charge in [-0.1, -0.05) is 12.1 Å². The predicted molar refractivity (Wildman–Crippen MR) is 51.1 cm³/mol. The van der Waals surface area contributed by atoms with E-state index in [-0.39, 0.29) is 0 Å². The van der Waals surface area contributed by atoms with Crippen molar-refractivity contribution in [3.63, 3.8) is 0 Å². The van der Waals surface area contributed by atoms with E-state index in [0.717, 1.165) is 5.56 Å². The van der Waals surface area contributed by atoms with Crippen molar-refractivity contribution >= 4 is 21.3 Å². The molecule has 0 aliphatic heterocycles. The summed E-state index contributed by atoms with van der Waals surface area (Å²) in [6.45, 7) is 0. The van der Waals surface area contributed by atoms with Crippen LogP contribution >= 0.6 is 11.6 Å². The van der Waals surface area contributed by atoms with E-state index in [4.69, 9.17) is 16.4 Å². The van der Waals surface area contributed by atoms with Gasteiger partial charge in [0.05, 0.1) is 9.73 Å². The molecule has 1 aromatic rings. The Kier molecular flexibility index (Phi) is 2.75. The van der Waals surface area contributed by atoms with Crippen LogP contribution in [0, 0.1) is 4.78 Å². The van der Waals surface area contributed by atoms with Gasteiger partial charge in [0.2, 0.25) is 0 Å². The molecule has 1 aromatic carbocycles. The van der Waals surface area contributed by atoms with E-state index in [0.29, 0.717) is 10.8 Å². The largest absolute Gasteiger partial charge is 0.249 e. The summed E-state index contributed by atoms with van der Waals surface area (Å²) in [7, 11) is -2.57. The SMILES string of the molecule is CS(=N)(=O)c1ccc(CCl)cc1. The zero-order chi connectivity index (χ0) is 9.19. The number of alkyl halides is 1. The second-order valence-corrected chi connectivity index (χ2v) is 5.05. The standard InChI is InChI=1S/C8H10ClNOS/c1-12(10,11)8-4-2-7(6-9)3-5-8/h2-5,10H,6H2,1H3. The van der Waals surface area contributed by atoms with E-state index in [1.54, 1.807) is 24.3 Å². The van der Waals surface area contributed by atoms with Crippen molar-refractivity contribution in [2.45, 2.75) is 10.8 Å². The van der Waals surface area contributed by atoms with Crippen molar-refractivity contribution in [3.8, 4) is 0 Å². The lowest BCUT2D eigenvalue weighted by Gasteiger charge is -2.00. The molecule has 0 radical (unpaired) electrons. The fraction of sp³-hybridized carbons (Fsp3) is 0.250. The van der Waals surface area contributed by atoms with Gasteiger partial charge in [-0.15, -0.1) is 11.6 Å². The molecule has 0 saturated carbocycles. The average molecular weight is 204 g/mol. The van der Waals surface area contributed by atoms with E-state index in [9.17, 15) is 4.21 Å². The Hall–Kier alpha value is -0.540. The average Bonchev–Trinajstić information content (AvgIpc) is 2.03. The second-order valence-electron chi connectivity index (χ2n) is 2.62. The zero-order valence-electron chi connectivity index (χ0n) is 6.71. The number of benzene rings is 1. The molecule has 2 nitrogen and oxygen atoms in total. The molecule has 0 spiro atoms. The summed E-state index contributed by atoms with van der Waals surface area (Å²) in [5, 5.41) is 0. The van der Waals surface area contributed by atoms with Crippen molar-refractivity contribution in [1.29, 1.82) is 4.78 Å². The first-order chi connectivity index (χ1) is 5.54. The molecule has 0 aromatic heterocycles. The molecule has 0 aliphatic carbocycles. The van der Waals surface area contributed by atoms with E-state index in [1.807, 2.05) is 0 Å². The highest BCUT2D eigenvalue weighted by molar-refractivity contribution is 7.91. The van der Waals surface area contributed by atoms with E-state index >= 15 is 0 Å². The van der Waals surface area contributed by atoms with Gasteiger partial charge in [-0.2, -0.15) is 0 Å². The van der Waals surface area contributed by atoms with Crippen LogP contribution in [0.5, 0.6) is 0 Å². The van der Waals surface area contributed by atoms with Gasteiger partial charge in [0.25, 0.3) is 0 Å². The van der Waals surface area contributed by atoms with Crippen molar-refractivity contribution in [2.75, 3.05) is 6.26 Å². The molecule has 0 aliphatic rings. The van der Waals surface area contributed by atoms with Gasteiger partial charge in [-0.05, 0) is 17.7 Å². The molecule has 0 saturated heterocycles. The molecule has 12 heavy (non-hydrogen) atoms. The third-order valence-electron chi connectivity index (χ3n) is 1.53. The van der Waals surface area contributed by atoms with Gasteiger partial charge in [-0.25, -0.2) is 8.99 Å². The highest BCUT2D eigenvalue weighted by atomic mass is 35.5. The smallest absolute Gasteiger partial charge is 0.0696 e. The van der Waals surface area contributed by atoms with E-state index in [1.165, 1.54) is 6.26 Å². The Morgan fingerprint density at radius 3 is 2.25 bits per heavy atom. The van der Waals surface area contributed by atoms with Gasteiger partial charge in [0.15, 0.2) is 0 Å². The summed E-state index contributed by atoms with van der Waals surface area (Å²) in [5.74, 6) is 0.448. The van der Waals surface area contributed by atoms with Gasteiger partial charge in [0.1, 0.15) is 0 Å². The maximum Gasteiger partial charge on any atom is 0.0696 e. The lowest BCUT2D eigenvalue weighted by molar-refractivity contribution is 0.679. The Morgan fingerprint density at radius 2 is 1.92 bits per heavy atom. The van der Waals surface area contributed by atoms with Crippen LogP contribution in [0.25, 0.3) is 0 Å². The van der Waals surface area contributed by atoms with Crippen LogP contribution in [-0.4, -0.2) is 10.5 Å². The van der Waals surface area contributed by atoms with Crippen molar-refractivity contribution in [1.82, 2.24) is 0 Å². The van der Waals surface area contributed by atoms with Crippen LogP contribution in [0.1, 0.15) is 5.56 Å². The molecular weight excluding hydrogens is 194 g/mol. The molecule has 0 heterocycles. The minimum Gasteiger partial charge on any atom is -0.249 e. The summed E-state index contributed by atoms with van der Waals surface area (Å²) in [6.07, 6.45) is 1.41. The first-order valence-corrected chi connectivity index (χ1v) is 5.93. The Bertz CT molecular complexity index is 355. The quantitative estimate of drug-likeness (QED) is 0.738. The summed E-state index contributed by atoms with van der Waals surface area (Å²) in [4.78, 5) is 0.552. The first kappa shape index (κ1) is 9.55. The molecule has 0 amide bonds. The zero-order valence-corrected chi connectivity index (χ0v) is 8.28. The monoisotopic (exact) mass is 203 g/mol. The molecule has 1 unspecified atom stereocenters. The Labute approximate surface area is 77.5 Å². The van der Waals surface area contributed by atoms with Crippen LogP contribution in [0.3, 0.4) is 0 Å². The number of nitrogens with one attached hydrogen (secondary N) is 1. The maximum absolute atomic E-state index is 11.2. The van der Waals surface area contributed by atoms with Crippen LogP contribution in [0.15, 0.2) is 29.2 Å². The van der Waals surface area contributed by atoms with Gasteiger partial charge >= 0.3 is 0 Å². The molecule has 1 atom stereocenters. The van der Waals surface area contributed by atoms with Crippen molar-refractivity contribution in [2.24, 2.45) is 0 Å². The van der Waals surface area contributed by atoms with Crippen molar-refractivity contribution < 1.29 is 4.21 Å². The molecular formula is C8H10ClNOS. The van der Waals surface area contributed by atoms with Crippen LogP contribution in [-0.2, 0) is 15.6 Å².